The molecule has 4 aromatic rings. The van der Waals surface area contributed by atoms with Crippen LogP contribution in [0.4, 0.5) is 10.5 Å². The van der Waals surface area contributed by atoms with E-state index in [0.29, 0.717) is 33.8 Å². The summed E-state index contributed by atoms with van der Waals surface area (Å²) in [4.78, 5) is 33.5. The van der Waals surface area contributed by atoms with Crippen molar-refractivity contribution in [1.29, 1.82) is 0 Å². The summed E-state index contributed by atoms with van der Waals surface area (Å²) >= 11 is 1.17. The second-order valence-corrected chi connectivity index (χ2v) is 7.61. The SMILES string of the molecule is Cc1nc2c3ccccc3nc(SCC(=O)NC(=O)Nc3ccc4c(c3)OCO4)n2n1. The number of para-hydroxylation sites is 1. The Bertz CT molecular complexity index is 1340. The van der Waals surface area contributed by atoms with Crippen LogP contribution < -0.4 is 20.1 Å². The molecule has 5 rings (SSSR count). The van der Waals surface area contributed by atoms with Gasteiger partial charge in [0.2, 0.25) is 12.7 Å². The molecule has 10 nitrogen and oxygen atoms in total. The van der Waals surface area contributed by atoms with E-state index in [1.54, 1.807) is 29.6 Å². The van der Waals surface area contributed by atoms with Crippen LogP contribution in [0.25, 0.3) is 16.6 Å². The molecule has 31 heavy (non-hydrogen) atoms. The first-order valence-electron chi connectivity index (χ1n) is 9.32. The van der Waals surface area contributed by atoms with Crippen LogP contribution in [0.3, 0.4) is 0 Å². The van der Waals surface area contributed by atoms with Gasteiger partial charge in [0, 0.05) is 17.1 Å². The number of urea groups is 1. The molecule has 3 heterocycles. The van der Waals surface area contributed by atoms with Gasteiger partial charge in [0.25, 0.3) is 0 Å². The number of rotatable bonds is 4. The Hall–Kier alpha value is -3.86. The van der Waals surface area contributed by atoms with Crippen molar-refractivity contribution in [3.63, 3.8) is 0 Å². The summed E-state index contributed by atoms with van der Waals surface area (Å²) in [6.45, 7) is 1.94. The van der Waals surface area contributed by atoms with Crippen LogP contribution in [-0.4, -0.2) is 44.1 Å². The number of carbonyl (C=O) groups is 2. The van der Waals surface area contributed by atoms with Crippen molar-refractivity contribution in [1.82, 2.24) is 24.9 Å². The number of imide groups is 1. The summed E-state index contributed by atoms with van der Waals surface area (Å²) in [5.41, 5.74) is 1.91. The average Bonchev–Trinajstić information content (AvgIpc) is 3.37. The fourth-order valence-corrected chi connectivity index (χ4v) is 3.90. The minimum absolute atomic E-state index is 0.0199. The highest BCUT2D eigenvalue weighted by molar-refractivity contribution is 7.99. The third-order valence-corrected chi connectivity index (χ3v) is 5.40. The molecule has 3 amide bonds. The number of anilines is 1. The topological polar surface area (TPSA) is 120 Å². The van der Waals surface area contributed by atoms with Crippen LogP contribution in [0, 0.1) is 6.92 Å². The van der Waals surface area contributed by atoms with Gasteiger partial charge in [-0.3, -0.25) is 10.1 Å². The normalized spacial score (nSPS) is 12.3. The molecule has 0 saturated carbocycles. The molecule has 2 aromatic carbocycles. The number of amides is 3. The van der Waals surface area contributed by atoms with Crippen molar-refractivity contribution in [2.24, 2.45) is 0 Å². The number of aryl methyl sites for hydroxylation is 1. The Morgan fingerprint density at radius 2 is 1.97 bits per heavy atom. The summed E-state index contributed by atoms with van der Waals surface area (Å²) in [6.07, 6.45) is 0. The molecule has 156 valence electrons. The second kappa shape index (κ2) is 7.76. The zero-order chi connectivity index (χ0) is 21.4. The zero-order valence-electron chi connectivity index (χ0n) is 16.3. The molecule has 0 aliphatic carbocycles. The van der Waals surface area contributed by atoms with Gasteiger partial charge in [0.05, 0.1) is 11.3 Å². The number of hydrogen-bond acceptors (Lipinski definition) is 8. The number of carbonyl (C=O) groups excluding carboxylic acids is 2. The van der Waals surface area contributed by atoms with E-state index in [-0.39, 0.29) is 12.5 Å². The molecule has 0 fully saturated rings. The number of nitrogens with one attached hydrogen (secondary N) is 2. The molecular weight excluding hydrogens is 420 g/mol. The second-order valence-electron chi connectivity index (χ2n) is 6.66. The molecular formula is C20H16N6O4S. The predicted octanol–water partition coefficient (Wildman–Crippen LogP) is 2.76. The first kappa shape index (κ1) is 19.1. The van der Waals surface area contributed by atoms with Gasteiger partial charge in [-0.25, -0.2) is 14.8 Å². The lowest BCUT2D eigenvalue weighted by atomic mass is 10.2. The molecule has 2 N–H and O–H groups in total. The first-order valence-corrected chi connectivity index (χ1v) is 10.3. The maximum absolute atomic E-state index is 12.3. The number of hydrogen-bond donors (Lipinski definition) is 2. The quantitative estimate of drug-likeness (QED) is 0.370. The highest BCUT2D eigenvalue weighted by Gasteiger charge is 2.17. The van der Waals surface area contributed by atoms with Crippen LogP contribution in [0.5, 0.6) is 11.5 Å². The lowest BCUT2D eigenvalue weighted by molar-refractivity contribution is -0.117. The van der Waals surface area contributed by atoms with Crippen molar-refractivity contribution in [3.8, 4) is 11.5 Å². The lowest BCUT2D eigenvalue weighted by Crippen LogP contribution is -2.35. The van der Waals surface area contributed by atoms with E-state index < -0.39 is 11.9 Å². The summed E-state index contributed by atoms with van der Waals surface area (Å²) in [5.74, 6) is 1.26. The van der Waals surface area contributed by atoms with Gasteiger partial charge >= 0.3 is 6.03 Å². The number of thioether (sulfide) groups is 1. The molecule has 0 bridgehead atoms. The van der Waals surface area contributed by atoms with Gasteiger partial charge in [-0.2, -0.15) is 4.52 Å². The molecule has 1 aliphatic rings. The van der Waals surface area contributed by atoms with E-state index in [4.69, 9.17) is 9.47 Å². The monoisotopic (exact) mass is 436 g/mol. The maximum atomic E-state index is 12.3. The van der Waals surface area contributed by atoms with Crippen molar-refractivity contribution in [3.05, 3.63) is 48.3 Å². The van der Waals surface area contributed by atoms with E-state index >= 15 is 0 Å². The molecule has 0 radical (unpaired) electrons. The highest BCUT2D eigenvalue weighted by Crippen LogP contribution is 2.34. The first-order chi connectivity index (χ1) is 15.1. The summed E-state index contributed by atoms with van der Waals surface area (Å²) in [6, 6.07) is 11.9. The number of nitrogens with zero attached hydrogens (tertiary/aromatic N) is 4. The third-order valence-electron chi connectivity index (χ3n) is 4.47. The molecule has 0 atom stereocenters. The van der Waals surface area contributed by atoms with E-state index in [1.165, 1.54) is 11.8 Å². The molecule has 0 spiro atoms. The Kier molecular flexibility index (Phi) is 4.79. The molecule has 0 saturated heterocycles. The van der Waals surface area contributed by atoms with E-state index in [0.717, 1.165) is 10.9 Å². The number of ether oxygens (including phenoxy) is 2. The van der Waals surface area contributed by atoms with Crippen molar-refractivity contribution in [2.75, 3.05) is 17.9 Å². The average molecular weight is 436 g/mol. The van der Waals surface area contributed by atoms with Gasteiger partial charge in [0.1, 0.15) is 5.82 Å². The minimum Gasteiger partial charge on any atom is -0.454 e. The van der Waals surface area contributed by atoms with E-state index in [9.17, 15) is 9.59 Å². The van der Waals surface area contributed by atoms with Crippen LogP contribution >= 0.6 is 11.8 Å². The highest BCUT2D eigenvalue weighted by atomic mass is 32.2. The van der Waals surface area contributed by atoms with Gasteiger partial charge < -0.3 is 14.8 Å². The van der Waals surface area contributed by atoms with Crippen LogP contribution in [-0.2, 0) is 4.79 Å². The Balaban J connectivity index is 1.26. The van der Waals surface area contributed by atoms with Gasteiger partial charge in [0.15, 0.2) is 22.3 Å². The zero-order valence-corrected chi connectivity index (χ0v) is 17.1. The summed E-state index contributed by atoms with van der Waals surface area (Å²) < 4.78 is 12.1. The summed E-state index contributed by atoms with van der Waals surface area (Å²) in [7, 11) is 0. The van der Waals surface area contributed by atoms with Gasteiger partial charge in [-0.1, -0.05) is 23.9 Å². The lowest BCUT2D eigenvalue weighted by Gasteiger charge is -2.08. The van der Waals surface area contributed by atoms with E-state index in [1.807, 2.05) is 24.3 Å². The summed E-state index contributed by atoms with van der Waals surface area (Å²) in [5, 5.41) is 10.7. The standard InChI is InChI=1S/C20H16N6O4S/c1-11-21-18-13-4-2-3-5-14(13)23-20(26(18)25-11)31-9-17(27)24-19(28)22-12-6-7-15-16(8-12)30-10-29-15/h2-8H,9-10H2,1H3,(H2,22,24,27,28). The molecule has 0 unspecified atom stereocenters. The van der Waals surface area contributed by atoms with Crippen molar-refractivity contribution < 1.29 is 19.1 Å². The maximum Gasteiger partial charge on any atom is 0.325 e. The fourth-order valence-electron chi connectivity index (χ4n) is 3.16. The Labute approximate surface area is 180 Å². The molecule has 2 aromatic heterocycles. The van der Waals surface area contributed by atoms with Crippen molar-refractivity contribution in [2.45, 2.75) is 12.1 Å². The smallest absolute Gasteiger partial charge is 0.325 e. The van der Waals surface area contributed by atoms with Crippen LogP contribution in [0.15, 0.2) is 47.6 Å². The molecule has 11 heteroatoms. The predicted molar refractivity (Wildman–Crippen MR) is 113 cm³/mol. The van der Waals surface area contributed by atoms with E-state index in [2.05, 4.69) is 25.7 Å². The number of fused-ring (bicyclic) bond motifs is 4. The van der Waals surface area contributed by atoms with Gasteiger partial charge in [-0.05, 0) is 31.2 Å². The van der Waals surface area contributed by atoms with Crippen LogP contribution in [0.2, 0.25) is 0 Å². The van der Waals surface area contributed by atoms with Crippen molar-refractivity contribution >= 4 is 45.9 Å². The minimum atomic E-state index is -0.641. The fraction of sp³-hybridized carbons (Fsp3) is 0.150. The largest absolute Gasteiger partial charge is 0.454 e. The molecule has 1 aliphatic heterocycles. The number of benzene rings is 2. The number of aromatic nitrogens is 4. The van der Waals surface area contributed by atoms with Gasteiger partial charge in [-0.15, -0.1) is 5.10 Å². The van der Waals surface area contributed by atoms with Crippen LogP contribution in [0.1, 0.15) is 5.82 Å². The Morgan fingerprint density at radius 3 is 2.87 bits per heavy atom. The Morgan fingerprint density at radius 1 is 1.13 bits per heavy atom. The third kappa shape index (κ3) is 3.82.